The fourth-order valence-electron chi connectivity index (χ4n) is 6.11. The van der Waals surface area contributed by atoms with Gasteiger partial charge in [-0.2, -0.15) is 0 Å². The van der Waals surface area contributed by atoms with Gasteiger partial charge in [0.05, 0.1) is 69.1 Å². The van der Waals surface area contributed by atoms with Crippen LogP contribution in [0.2, 0.25) is 0 Å². The molecule has 1 saturated heterocycles. The summed E-state index contributed by atoms with van der Waals surface area (Å²) in [5, 5.41) is 10.8. The number of rotatable bonds is 17. The fraction of sp³-hybridized carbons (Fsp3) is 0.514. The maximum absolute atomic E-state index is 14.2. The molecule has 3 aromatic carbocycles. The molecule has 4 rings (SSSR count). The summed E-state index contributed by atoms with van der Waals surface area (Å²) in [5.41, 5.74) is 1.94. The Morgan fingerprint density at radius 2 is 1.23 bits per heavy atom. The van der Waals surface area contributed by atoms with Crippen molar-refractivity contribution in [3.05, 3.63) is 90.0 Å². The highest BCUT2D eigenvalue weighted by molar-refractivity contribution is 7.92. The van der Waals surface area contributed by atoms with Crippen molar-refractivity contribution in [1.82, 2.24) is 0 Å². The average molecular weight is 671 g/mol. The van der Waals surface area contributed by atoms with Crippen LogP contribution in [-0.4, -0.2) is 70.3 Å². The van der Waals surface area contributed by atoms with Gasteiger partial charge in [0.15, 0.2) is 15.6 Å². The largest absolute Gasteiger partial charge is 0.497 e. The van der Waals surface area contributed by atoms with Crippen LogP contribution in [0.1, 0.15) is 45.7 Å². The maximum atomic E-state index is 14.2. The van der Waals surface area contributed by atoms with Crippen molar-refractivity contribution in [3.8, 4) is 11.5 Å². The topological polar surface area (TPSA) is 110 Å². The second-order valence-corrected chi connectivity index (χ2v) is 15.0. The number of aliphatic hydroxyl groups excluding tert-OH is 1. The summed E-state index contributed by atoms with van der Waals surface area (Å²) in [6.45, 7) is 10.5. The van der Waals surface area contributed by atoms with Crippen molar-refractivity contribution in [2.75, 3.05) is 27.4 Å². The molecule has 0 bridgehead atoms. The van der Waals surface area contributed by atoms with Gasteiger partial charge >= 0.3 is 0 Å². The normalized spacial score (nSPS) is 21.0. The first kappa shape index (κ1) is 36.8. The molecule has 0 amide bonds. The molecule has 0 spiro atoms. The van der Waals surface area contributed by atoms with E-state index in [0.29, 0.717) is 19.8 Å². The predicted molar refractivity (Wildman–Crippen MR) is 180 cm³/mol. The lowest BCUT2D eigenvalue weighted by molar-refractivity contribution is -0.157. The maximum Gasteiger partial charge on any atom is 0.184 e. The van der Waals surface area contributed by atoms with Crippen molar-refractivity contribution in [1.29, 1.82) is 0 Å². The molecular weight excluding hydrogens is 620 g/mol. The Labute approximate surface area is 280 Å². The quantitative estimate of drug-likeness (QED) is 0.183. The van der Waals surface area contributed by atoms with Gasteiger partial charge in [0.1, 0.15) is 11.5 Å². The fourth-order valence-corrected chi connectivity index (χ4v) is 8.27. The third kappa shape index (κ3) is 9.55. The van der Waals surface area contributed by atoms with Gasteiger partial charge in [-0.1, -0.05) is 63.2 Å². The molecule has 9 nitrogen and oxygen atoms in total. The van der Waals surface area contributed by atoms with E-state index in [1.807, 2.05) is 76.2 Å². The Hall–Kier alpha value is -2.99. The molecule has 1 aliphatic heterocycles. The number of aliphatic hydroxyl groups is 1. The van der Waals surface area contributed by atoms with Crippen molar-refractivity contribution in [2.24, 2.45) is 17.8 Å². The first-order chi connectivity index (χ1) is 22.4. The van der Waals surface area contributed by atoms with E-state index in [4.69, 9.17) is 28.4 Å². The highest BCUT2D eigenvalue weighted by atomic mass is 32.2. The summed E-state index contributed by atoms with van der Waals surface area (Å²) in [6.07, 6.45) is -2.30. The van der Waals surface area contributed by atoms with Gasteiger partial charge in [-0.05, 0) is 67.3 Å². The molecular formula is C37H50O9S. The van der Waals surface area contributed by atoms with Crippen LogP contribution in [-0.2, 0) is 42.0 Å². The highest BCUT2D eigenvalue weighted by Crippen LogP contribution is 2.39. The van der Waals surface area contributed by atoms with Crippen LogP contribution in [0.4, 0.5) is 0 Å². The van der Waals surface area contributed by atoms with E-state index in [-0.39, 0.29) is 17.4 Å². The Balaban J connectivity index is 1.49. The van der Waals surface area contributed by atoms with Gasteiger partial charge in [-0.3, -0.25) is 0 Å². The molecule has 10 heteroatoms. The summed E-state index contributed by atoms with van der Waals surface area (Å²) in [4.78, 5) is 0.152. The smallest absolute Gasteiger partial charge is 0.184 e. The summed E-state index contributed by atoms with van der Waals surface area (Å²) < 4.78 is 63.6. The molecule has 1 fully saturated rings. The van der Waals surface area contributed by atoms with E-state index >= 15 is 0 Å². The van der Waals surface area contributed by atoms with Crippen molar-refractivity contribution >= 4 is 9.84 Å². The minimum Gasteiger partial charge on any atom is -0.497 e. The van der Waals surface area contributed by atoms with Gasteiger partial charge in [-0.25, -0.2) is 8.42 Å². The first-order valence-corrected chi connectivity index (χ1v) is 17.6. The summed E-state index contributed by atoms with van der Waals surface area (Å²) >= 11 is 0. The van der Waals surface area contributed by atoms with E-state index in [2.05, 4.69) is 0 Å². The SMILES string of the molecule is COc1ccc(COC[C@H](C)C(C(O)[C@H](C)[C@@H]2OC(C)(C)O[C@H]2[C@@H](C)COCc2ccc(OC)cc2)S(=O)(=O)c2ccccc2)cc1. The van der Waals surface area contributed by atoms with Crippen LogP contribution in [0.25, 0.3) is 0 Å². The molecule has 0 aromatic heterocycles. The van der Waals surface area contributed by atoms with Crippen LogP contribution < -0.4 is 9.47 Å². The Kier molecular flexibility index (Phi) is 12.9. The Morgan fingerprint density at radius 3 is 1.74 bits per heavy atom. The molecule has 7 atom stereocenters. The molecule has 2 unspecified atom stereocenters. The van der Waals surface area contributed by atoms with Crippen LogP contribution in [0.15, 0.2) is 83.8 Å². The molecule has 3 aromatic rings. The zero-order valence-corrected chi connectivity index (χ0v) is 29.3. The molecule has 47 heavy (non-hydrogen) atoms. The molecule has 0 aliphatic carbocycles. The lowest BCUT2D eigenvalue weighted by atomic mass is 9.85. The zero-order chi connectivity index (χ0) is 34.2. The zero-order valence-electron chi connectivity index (χ0n) is 28.5. The first-order valence-electron chi connectivity index (χ1n) is 16.1. The molecule has 1 aliphatic rings. The summed E-state index contributed by atoms with van der Waals surface area (Å²) in [7, 11) is -0.733. The second kappa shape index (κ2) is 16.4. The van der Waals surface area contributed by atoms with Gasteiger partial charge < -0.3 is 33.5 Å². The number of methoxy groups -OCH3 is 2. The number of sulfone groups is 1. The van der Waals surface area contributed by atoms with Crippen molar-refractivity contribution in [3.63, 3.8) is 0 Å². The number of hydrogen-bond acceptors (Lipinski definition) is 9. The van der Waals surface area contributed by atoms with Crippen molar-refractivity contribution in [2.45, 2.75) is 82.1 Å². The van der Waals surface area contributed by atoms with Gasteiger partial charge in [-0.15, -0.1) is 0 Å². The summed E-state index contributed by atoms with van der Waals surface area (Å²) in [5.74, 6) is -0.653. The van der Waals surface area contributed by atoms with E-state index in [1.165, 1.54) is 0 Å². The molecule has 0 radical (unpaired) electrons. The van der Waals surface area contributed by atoms with Crippen molar-refractivity contribution < 1.29 is 41.9 Å². The monoisotopic (exact) mass is 670 g/mol. The third-order valence-electron chi connectivity index (χ3n) is 8.73. The minimum absolute atomic E-state index is 0.107. The van der Waals surface area contributed by atoms with E-state index < -0.39 is 51.0 Å². The third-order valence-corrected chi connectivity index (χ3v) is 11.1. The van der Waals surface area contributed by atoms with E-state index in [1.54, 1.807) is 51.5 Å². The molecule has 1 N–H and O–H groups in total. The Morgan fingerprint density at radius 1 is 0.745 bits per heavy atom. The van der Waals surface area contributed by atoms with Crippen LogP contribution in [0.5, 0.6) is 11.5 Å². The Bertz CT molecular complexity index is 1480. The van der Waals surface area contributed by atoms with E-state index in [9.17, 15) is 13.5 Å². The average Bonchev–Trinajstić information content (AvgIpc) is 3.40. The predicted octanol–water partition coefficient (Wildman–Crippen LogP) is 6.07. The van der Waals surface area contributed by atoms with E-state index in [0.717, 1.165) is 22.6 Å². The molecule has 258 valence electrons. The van der Waals surface area contributed by atoms with Gasteiger partial charge in [0.2, 0.25) is 0 Å². The number of ether oxygens (including phenoxy) is 6. The highest BCUT2D eigenvalue weighted by Gasteiger charge is 2.51. The second-order valence-electron chi connectivity index (χ2n) is 12.9. The van der Waals surface area contributed by atoms with Gasteiger partial charge in [0.25, 0.3) is 0 Å². The number of benzene rings is 3. The summed E-state index contributed by atoms with van der Waals surface area (Å²) in [6, 6.07) is 23.5. The lowest BCUT2D eigenvalue weighted by Gasteiger charge is -2.36. The standard InChI is InChI=1S/C37H50O9S/c1-25(21-43-23-28-13-17-30(41-6)18-14-28)34-35(46-37(4,5)45-34)27(3)33(38)36(47(39,40)32-11-9-8-10-12-32)26(2)22-44-24-29-15-19-31(42-7)20-16-29/h8-20,25-27,33-36,38H,21-24H2,1-7H3/t25-,26-,27-,33?,34-,35-,36?/m0/s1. The lowest BCUT2D eigenvalue weighted by Crippen LogP contribution is -2.50. The van der Waals surface area contributed by atoms with Crippen LogP contribution in [0, 0.1) is 17.8 Å². The van der Waals surface area contributed by atoms with Crippen LogP contribution in [0.3, 0.4) is 0 Å². The number of hydrogen-bond donors (Lipinski definition) is 1. The molecule has 0 saturated carbocycles. The minimum atomic E-state index is -3.97. The molecule has 1 heterocycles. The van der Waals surface area contributed by atoms with Crippen LogP contribution >= 0.6 is 0 Å². The van der Waals surface area contributed by atoms with Gasteiger partial charge in [0, 0.05) is 11.8 Å².